The van der Waals surface area contributed by atoms with Crippen LogP contribution in [0.5, 0.6) is 0 Å². The summed E-state index contributed by atoms with van der Waals surface area (Å²) in [4.78, 5) is 4.14. The minimum Gasteiger partial charge on any atom is -0.288 e. The molecule has 0 spiro atoms. The van der Waals surface area contributed by atoms with E-state index in [1.807, 2.05) is 65.7 Å². The van der Waals surface area contributed by atoms with Crippen molar-refractivity contribution in [2.45, 2.75) is 17.3 Å². The third-order valence-electron chi connectivity index (χ3n) is 7.42. The van der Waals surface area contributed by atoms with Gasteiger partial charge in [-0.05, 0) is 46.5 Å². The molecule has 6 rings (SSSR count). The van der Waals surface area contributed by atoms with E-state index in [0.29, 0.717) is 10.8 Å². The van der Waals surface area contributed by atoms with E-state index in [1.165, 1.54) is 6.07 Å². The fourth-order valence-corrected chi connectivity index (χ4v) is 6.74. The Hall–Kier alpha value is -4.04. The minimum absolute atomic E-state index is 0.116. The van der Waals surface area contributed by atoms with Gasteiger partial charge in [0.25, 0.3) is 0 Å². The number of hydrogen-bond donors (Lipinski definition) is 1. The van der Waals surface area contributed by atoms with Gasteiger partial charge in [0.1, 0.15) is 16.5 Å². The van der Waals surface area contributed by atoms with Gasteiger partial charge < -0.3 is 0 Å². The number of nitrogens with zero attached hydrogens (tertiary/aromatic N) is 2. The average Bonchev–Trinajstić information content (AvgIpc) is 3.33. The van der Waals surface area contributed by atoms with Gasteiger partial charge in [-0.2, -0.15) is 0 Å². The predicted octanol–water partition coefficient (Wildman–Crippen LogP) is 6.82. The van der Waals surface area contributed by atoms with Crippen molar-refractivity contribution < 1.29 is 12.8 Å². The molecule has 8 heteroatoms. The Kier molecular flexibility index (Phi) is 7.11. The molecule has 5 aromatic rings. The molecule has 0 amide bonds. The lowest BCUT2D eigenvalue weighted by Gasteiger charge is -2.45. The molecule has 2 heterocycles. The highest BCUT2D eigenvalue weighted by molar-refractivity contribution is 7.89. The SMILES string of the molecule is CS(=O)(=O)Cc1cc2c(cc1F)N(C(c1ccccc1)(c1ccccc1)c1ccccc1)NC2c1ccnc(Cl)c1. The van der Waals surface area contributed by atoms with E-state index in [-0.39, 0.29) is 5.56 Å². The summed E-state index contributed by atoms with van der Waals surface area (Å²) in [5.74, 6) is -0.991. The summed E-state index contributed by atoms with van der Waals surface area (Å²) in [6.07, 6.45) is 2.73. The highest BCUT2D eigenvalue weighted by Gasteiger charge is 2.48. The van der Waals surface area contributed by atoms with Crippen molar-refractivity contribution in [1.29, 1.82) is 0 Å². The standard InChI is InChI=1S/C33H27ClFN3O2S/c1-41(39,40)22-24-19-28-30(21-29(24)35)38(37-32(28)23-17-18-36-31(34)20-23)33(25-11-5-2-6-12-25,26-13-7-3-8-14-26)27-15-9-4-10-16-27/h2-21,32,37H,22H2,1H3. The smallest absolute Gasteiger partial charge is 0.151 e. The lowest BCUT2D eigenvalue weighted by atomic mass is 9.76. The molecule has 0 fully saturated rings. The summed E-state index contributed by atoms with van der Waals surface area (Å²) in [5, 5.41) is 2.33. The van der Waals surface area contributed by atoms with Crippen molar-refractivity contribution in [1.82, 2.24) is 10.4 Å². The zero-order valence-corrected chi connectivity index (χ0v) is 23.8. The van der Waals surface area contributed by atoms with Gasteiger partial charge in [-0.3, -0.25) is 5.01 Å². The van der Waals surface area contributed by atoms with Crippen LogP contribution in [0.2, 0.25) is 5.15 Å². The van der Waals surface area contributed by atoms with Crippen molar-refractivity contribution in [3.63, 3.8) is 0 Å². The summed E-state index contributed by atoms with van der Waals surface area (Å²) >= 11 is 6.32. The highest BCUT2D eigenvalue weighted by Crippen LogP contribution is 2.50. The van der Waals surface area contributed by atoms with Crippen LogP contribution in [0.3, 0.4) is 0 Å². The van der Waals surface area contributed by atoms with Crippen molar-refractivity contribution >= 4 is 27.1 Å². The molecule has 0 bridgehead atoms. The molecule has 0 saturated heterocycles. The maximum absolute atomic E-state index is 15.8. The largest absolute Gasteiger partial charge is 0.288 e. The molecule has 0 aliphatic carbocycles. The molecule has 1 aromatic heterocycles. The van der Waals surface area contributed by atoms with Crippen LogP contribution in [0.4, 0.5) is 10.1 Å². The van der Waals surface area contributed by atoms with Gasteiger partial charge in [0.05, 0.1) is 17.5 Å². The van der Waals surface area contributed by atoms with E-state index in [9.17, 15) is 8.42 Å². The minimum atomic E-state index is -3.48. The topological polar surface area (TPSA) is 62.3 Å². The van der Waals surface area contributed by atoms with Gasteiger partial charge >= 0.3 is 0 Å². The number of benzene rings is 4. The number of sulfone groups is 1. The number of fused-ring (bicyclic) bond motifs is 1. The first-order valence-corrected chi connectivity index (χ1v) is 15.6. The molecule has 1 N–H and O–H groups in total. The molecule has 1 aliphatic rings. The van der Waals surface area contributed by atoms with E-state index < -0.39 is 33.0 Å². The zero-order chi connectivity index (χ0) is 28.6. The van der Waals surface area contributed by atoms with E-state index in [0.717, 1.165) is 34.1 Å². The summed E-state index contributed by atoms with van der Waals surface area (Å²) in [6, 6.07) is 36.5. The number of aromatic nitrogens is 1. The Bertz CT molecular complexity index is 1710. The molecule has 0 saturated carbocycles. The first-order valence-electron chi connectivity index (χ1n) is 13.1. The van der Waals surface area contributed by atoms with Crippen LogP contribution < -0.4 is 10.4 Å². The molecule has 0 radical (unpaired) electrons. The predicted molar refractivity (Wildman–Crippen MR) is 161 cm³/mol. The van der Waals surface area contributed by atoms with E-state index in [1.54, 1.807) is 18.3 Å². The first-order chi connectivity index (χ1) is 19.8. The monoisotopic (exact) mass is 583 g/mol. The molecule has 1 aliphatic heterocycles. The van der Waals surface area contributed by atoms with Crippen molar-refractivity contribution in [2.24, 2.45) is 0 Å². The Morgan fingerprint density at radius 3 is 1.88 bits per heavy atom. The van der Waals surface area contributed by atoms with Gasteiger partial charge in [0.2, 0.25) is 0 Å². The third kappa shape index (κ3) is 5.01. The van der Waals surface area contributed by atoms with E-state index >= 15 is 4.39 Å². The second-order valence-corrected chi connectivity index (χ2v) is 12.7. The van der Waals surface area contributed by atoms with Gasteiger partial charge in [-0.1, -0.05) is 103 Å². The van der Waals surface area contributed by atoms with Crippen LogP contribution in [-0.4, -0.2) is 19.7 Å². The molecule has 41 heavy (non-hydrogen) atoms. The Labute approximate surface area is 244 Å². The maximum Gasteiger partial charge on any atom is 0.151 e. The summed E-state index contributed by atoms with van der Waals surface area (Å²) in [6.45, 7) is 0. The number of hydrogen-bond acceptors (Lipinski definition) is 5. The van der Waals surface area contributed by atoms with E-state index in [4.69, 9.17) is 11.6 Å². The average molecular weight is 584 g/mol. The van der Waals surface area contributed by atoms with Crippen LogP contribution in [0.1, 0.15) is 39.4 Å². The van der Waals surface area contributed by atoms with Gasteiger partial charge in [-0.15, -0.1) is 0 Å². The number of hydrazine groups is 1. The van der Waals surface area contributed by atoms with E-state index in [2.05, 4.69) is 46.8 Å². The molecule has 1 unspecified atom stereocenters. The Balaban J connectivity index is 1.68. The normalized spacial score (nSPS) is 15.1. The Morgan fingerprint density at radius 2 is 1.39 bits per heavy atom. The zero-order valence-electron chi connectivity index (χ0n) is 22.2. The molecule has 5 nitrogen and oxygen atoms in total. The Morgan fingerprint density at radius 1 is 0.854 bits per heavy atom. The van der Waals surface area contributed by atoms with Crippen molar-refractivity contribution in [2.75, 3.05) is 11.3 Å². The number of nitrogens with one attached hydrogen (secondary N) is 1. The third-order valence-corrected chi connectivity index (χ3v) is 8.46. The van der Waals surface area contributed by atoms with Gasteiger partial charge in [-0.25, -0.2) is 23.2 Å². The van der Waals surface area contributed by atoms with Crippen LogP contribution in [-0.2, 0) is 21.1 Å². The molecule has 1 atom stereocenters. The highest BCUT2D eigenvalue weighted by atomic mass is 35.5. The van der Waals surface area contributed by atoms with Crippen LogP contribution in [0.15, 0.2) is 121 Å². The fourth-order valence-electron chi connectivity index (χ4n) is 5.77. The van der Waals surface area contributed by atoms with Gasteiger partial charge in [0.15, 0.2) is 9.84 Å². The molecular weight excluding hydrogens is 557 g/mol. The summed E-state index contributed by atoms with van der Waals surface area (Å²) in [7, 11) is -3.48. The van der Waals surface area contributed by atoms with Crippen LogP contribution in [0, 0.1) is 5.82 Å². The van der Waals surface area contributed by atoms with Gasteiger partial charge in [0, 0.05) is 23.6 Å². The van der Waals surface area contributed by atoms with Crippen molar-refractivity contribution in [3.05, 3.63) is 166 Å². The fraction of sp³-hybridized carbons (Fsp3) is 0.121. The lowest BCUT2D eigenvalue weighted by molar-refractivity contribution is 0.476. The maximum atomic E-state index is 15.8. The summed E-state index contributed by atoms with van der Waals surface area (Å²) < 4.78 is 40.2. The molecule has 4 aromatic carbocycles. The molecule has 206 valence electrons. The quantitative estimate of drug-likeness (QED) is 0.168. The second kappa shape index (κ2) is 10.7. The number of halogens is 2. The van der Waals surface area contributed by atoms with Crippen LogP contribution in [0.25, 0.3) is 0 Å². The van der Waals surface area contributed by atoms with Crippen molar-refractivity contribution in [3.8, 4) is 0 Å². The summed E-state index contributed by atoms with van der Waals surface area (Å²) in [5.41, 5.74) is 7.89. The number of anilines is 1. The molecular formula is C33H27ClFN3O2S. The number of rotatable bonds is 7. The van der Waals surface area contributed by atoms with Crippen LogP contribution >= 0.6 is 11.6 Å². The second-order valence-electron chi connectivity index (χ2n) is 10.2. The first kappa shape index (κ1) is 27.1. The lowest BCUT2D eigenvalue weighted by Crippen LogP contribution is -2.53. The number of pyridine rings is 1.